The average molecular weight is 339 g/mol. The van der Waals surface area contributed by atoms with E-state index in [4.69, 9.17) is 11.6 Å². The molecule has 1 N–H and O–H groups in total. The number of nitrogens with zero attached hydrogens (tertiary/aromatic N) is 1. The Morgan fingerprint density at radius 1 is 1.45 bits per heavy atom. The second kappa shape index (κ2) is 7.47. The van der Waals surface area contributed by atoms with Gasteiger partial charge in [-0.2, -0.15) is 0 Å². The number of methoxy groups -OCH3 is 1. The summed E-state index contributed by atoms with van der Waals surface area (Å²) in [6.45, 7) is 1.97. The summed E-state index contributed by atoms with van der Waals surface area (Å²) in [5.41, 5.74) is 1.03. The third kappa shape index (κ3) is 4.35. The van der Waals surface area contributed by atoms with Gasteiger partial charge in [0.25, 0.3) is 5.56 Å². The van der Waals surface area contributed by atoms with Gasteiger partial charge in [0.15, 0.2) is 5.16 Å². The standard InChI is InChI=1S/C15H15ClN2O3S/c1-9(11-5-3-4-6-12(11)16)22-15-17-10(7-13(19)18-15)8-14(20)21-2/h3-7,9H,8H2,1-2H3,(H,17,18,19)/t9-/m0/s1. The van der Waals surface area contributed by atoms with E-state index in [1.54, 1.807) is 0 Å². The van der Waals surface area contributed by atoms with Gasteiger partial charge in [-0.3, -0.25) is 9.59 Å². The van der Waals surface area contributed by atoms with Crippen LogP contribution in [0.4, 0.5) is 0 Å². The predicted octanol–water partition coefficient (Wildman–Crippen LogP) is 2.99. The molecular weight excluding hydrogens is 324 g/mol. The van der Waals surface area contributed by atoms with Crippen LogP contribution in [0.2, 0.25) is 5.02 Å². The number of carbonyl (C=O) groups is 1. The number of esters is 1. The molecule has 1 atom stereocenters. The van der Waals surface area contributed by atoms with Gasteiger partial charge < -0.3 is 9.72 Å². The molecule has 0 aliphatic rings. The molecule has 1 aromatic carbocycles. The van der Waals surface area contributed by atoms with Gasteiger partial charge in [0, 0.05) is 16.3 Å². The maximum absolute atomic E-state index is 11.7. The van der Waals surface area contributed by atoms with E-state index in [1.807, 2.05) is 31.2 Å². The van der Waals surface area contributed by atoms with Crippen LogP contribution in [0.3, 0.4) is 0 Å². The van der Waals surface area contributed by atoms with Gasteiger partial charge in [-0.05, 0) is 18.6 Å². The van der Waals surface area contributed by atoms with Crippen LogP contribution in [-0.4, -0.2) is 23.0 Å². The van der Waals surface area contributed by atoms with Crippen molar-refractivity contribution in [3.05, 3.63) is 57.0 Å². The molecule has 2 rings (SSSR count). The highest BCUT2D eigenvalue weighted by Crippen LogP contribution is 2.35. The van der Waals surface area contributed by atoms with E-state index in [2.05, 4.69) is 14.7 Å². The van der Waals surface area contributed by atoms with Crippen LogP contribution in [-0.2, 0) is 16.0 Å². The number of benzene rings is 1. The van der Waals surface area contributed by atoms with Crippen LogP contribution in [0.15, 0.2) is 40.3 Å². The van der Waals surface area contributed by atoms with Crippen molar-refractivity contribution in [2.75, 3.05) is 7.11 Å². The molecule has 0 unspecified atom stereocenters. The Labute approximate surface area is 137 Å². The zero-order valence-electron chi connectivity index (χ0n) is 12.1. The molecule has 22 heavy (non-hydrogen) atoms. The number of aromatic nitrogens is 2. The number of carbonyl (C=O) groups excluding carboxylic acids is 1. The highest BCUT2D eigenvalue weighted by Gasteiger charge is 2.14. The Bertz CT molecular complexity index is 733. The fourth-order valence-corrected chi connectivity index (χ4v) is 3.25. The van der Waals surface area contributed by atoms with Crippen molar-refractivity contribution in [2.45, 2.75) is 23.8 Å². The summed E-state index contributed by atoms with van der Waals surface area (Å²) in [4.78, 5) is 29.9. The van der Waals surface area contributed by atoms with Gasteiger partial charge in [-0.25, -0.2) is 4.98 Å². The summed E-state index contributed by atoms with van der Waals surface area (Å²) in [7, 11) is 1.30. The molecule has 5 nitrogen and oxygen atoms in total. The number of aromatic amines is 1. The smallest absolute Gasteiger partial charge is 0.311 e. The first-order chi connectivity index (χ1) is 10.5. The Morgan fingerprint density at radius 2 is 2.18 bits per heavy atom. The zero-order valence-corrected chi connectivity index (χ0v) is 13.7. The summed E-state index contributed by atoms with van der Waals surface area (Å²) in [6.07, 6.45) is -0.0333. The molecule has 1 heterocycles. The molecule has 0 spiro atoms. The van der Waals surface area contributed by atoms with Crippen molar-refractivity contribution < 1.29 is 9.53 Å². The summed E-state index contributed by atoms with van der Waals surface area (Å²) >= 11 is 7.54. The lowest BCUT2D eigenvalue weighted by molar-refractivity contribution is -0.139. The largest absolute Gasteiger partial charge is 0.469 e. The van der Waals surface area contributed by atoms with Crippen LogP contribution in [0.1, 0.15) is 23.4 Å². The number of hydrogen-bond donors (Lipinski definition) is 1. The van der Waals surface area contributed by atoms with Gasteiger partial charge in [0.2, 0.25) is 0 Å². The lowest BCUT2D eigenvalue weighted by atomic mass is 10.2. The Kier molecular flexibility index (Phi) is 5.63. The van der Waals surface area contributed by atoms with Crippen molar-refractivity contribution in [3.8, 4) is 0 Å². The van der Waals surface area contributed by atoms with Crippen LogP contribution >= 0.6 is 23.4 Å². The number of thioether (sulfide) groups is 1. The topological polar surface area (TPSA) is 72.1 Å². The Morgan fingerprint density at radius 3 is 2.86 bits per heavy atom. The van der Waals surface area contributed by atoms with Gasteiger partial charge in [-0.1, -0.05) is 41.6 Å². The number of halogens is 1. The summed E-state index contributed by atoms with van der Waals surface area (Å²) in [5, 5.41) is 1.11. The van der Waals surface area contributed by atoms with Crippen LogP contribution in [0.25, 0.3) is 0 Å². The van der Waals surface area contributed by atoms with Gasteiger partial charge in [-0.15, -0.1) is 0 Å². The van der Waals surface area contributed by atoms with Crippen LogP contribution in [0.5, 0.6) is 0 Å². The molecule has 116 valence electrons. The number of ether oxygens (including phenoxy) is 1. The molecule has 7 heteroatoms. The second-order valence-electron chi connectivity index (χ2n) is 4.58. The first kappa shape index (κ1) is 16.6. The monoisotopic (exact) mass is 338 g/mol. The van der Waals surface area contributed by atoms with E-state index in [9.17, 15) is 9.59 Å². The van der Waals surface area contributed by atoms with E-state index in [0.29, 0.717) is 15.9 Å². The second-order valence-corrected chi connectivity index (χ2v) is 6.31. The van der Waals surface area contributed by atoms with E-state index in [-0.39, 0.29) is 17.2 Å². The Balaban J connectivity index is 2.20. The molecule has 0 saturated carbocycles. The number of hydrogen-bond acceptors (Lipinski definition) is 5. The molecule has 0 radical (unpaired) electrons. The maximum Gasteiger partial charge on any atom is 0.311 e. The minimum absolute atomic E-state index is 0.00484. The van der Waals surface area contributed by atoms with E-state index >= 15 is 0 Å². The summed E-state index contributed by atoms with van der Waals surface area (Å²) in [5.74, 6) is -0.437. The third-order valence-electron chi connectivity index (χ3n) is 2.96. The van der Waals surface area contributed by atoms with Gasteiger partial charge >= 0.3 is 5.97 Å². The molecule has 0 amide bonds. The van der Waals surface area contributed by atoms with Gasteiger partial charge in [0.1, 0.15) is 0 Å². The summed E-state index contributed by atoms with van der Waals surface area (Å²) in [6, 6.07) is 8.80. The highest BCUT2D eigenvalue weighted by atomic mass is 35.5. The lowest BCUT2D eigenvalue weighted by Crippen LogP contribution is -2.14. The molecular formula is C15H15ClN2O3S. The molecule has 0 aliphatic carbocycles. The SMILES string of the molecule is COC(=O)Cc1cc(=O)[nH]c(S[C@@H](C)c2ccccc2Cl)n1. The van der Waals surface area contributed by atoms with Gasteiger partial charge in [0.05, 0.1) is 19.2 Å². The molecule has 2 aromatic rings. The van der Waals surface area contributed by atoms with E-state index in [1.165, 1.54) is 24.9 Å². The minimum Gasteiger partial charge on any atom is -0.469 e. The quantitative estimate of drug-likeness (QED) is 0.515. The number of rotatable bonds is 5. The first-order valence-electron chi connectivity index (χ1n) is 6.57. The summed E-state index contributed by atoms with van der Waals surface area (Å²) < 4.78 is 4.58. The van der Waals surface area contributed by atoms with Crippen LogP contribution < -0.4 is 5.56 Å². The molecule has 0 fully saturated rings. The molecule has 0 saturated heterocycles. The number of H-pyrrole nitrogens is 1. The highest BCUT2D eigenvalue weighted by molar-refractivity contribution is 7.99. The predicted molar refractivity (Wildman–Crippen MR) is 86.3 cm³/mol. The van der Waals surface area contributed by atoms with Crippen molar-refractivity contribution in [3.63, 3.8) is 0 Å². The lowest BCUT2D eigenvalue weighted by Gasteiger charge is -2.12. The normalized spacial score (nSPS) is 12.0. The van der Waals surface area contributed by atoms with E-state index < -0.39 is 5.97 Å². The first-order valence-corrected chi connectivity index (χ1v) is 7.83. The van der Waals surface area contributed by atoms with Crippen LogP contribution in [0, 0.1) is 0 Å². The van der Waals surface area contributed by atoms with Crippen molar-refractivity contribution >= 4 is 29.3 Å². The molecule has 0 bridgehead atoms. The maximum atomic E-state index is 11.7. The fourth-order valence-electron chi connectivity index (χ4n) is 1.89. The van der Waals surface area contributed by atoms with E-state index in [0.717, 1.165) is 5.56 Å². The average Bonchev–Trinajstić information content (AvgIpc) is 2.46. The molecule has 0 aliphatic heterocycles. The fraction of sp³-hybridized carbons (Fsp3) is 0.267. The van der Waals surface area contributed by atoms with Crippen molar-refractivity contribution in [2.24, 2.45) is 0 Å². The van der Waals surface area contributed by atoms with Crippen molar-refractivity contribution in [1.82, 2.24) is 9.97 Å². The minimum atomic E-state index is -0.437. The Hall–Kier alpha value is -1.79. The van der Waals surface area contributed by atoms with Crippen molar-refractivity contribution in [1.29, 1.82) is 0 Å². The molecule has 1 aromatic heterocycles. The third-order valence-corrected chi connectivity index (χ3v) is 4.33. The number of nitrogens with one attached hydrogen (secondary N) is 1. The zero-order chi connectivity index (χ0) is 16.1.